The maximum absolute atomic E-state index is 14.0. The fraction of sp³-hybridized carbons (Fsp3) is 0.314. The van der Waals surface area contributed by atoms with Gasteiger partial charge in [0.1, 0.15) is 24.6 Å². The molecule has 64 heavy (non-hydrogen) atoms. The van der Waals surface area contributed by atoms with Gasteiger partial charge < -0.3 is 28.4 Å². The molecule has 0 saturated carbocycles. The van der Waals surface area contributed by atoms with Crippen LogP contribution in [0.5, 0.6) is 28.7 Å². The molecular formula is C51H50N4O9. The number of esters is 1. The Bertz CT molecular complexity index is 2600. The lowest BCUT2D eigenvalue weighted by atomic mass is 9.81. The quantitative estimate of drug-likeness (QED) is 0.106. The van der Waals surface area contributed by atoms with E-state index in [9.17, 15) is 14.4 Å². The minimum Gasteiger partial charge on any atom is -0.493 e. The highest BCUT2D eigenvalue weighted by Gasteiger charge is 2.39. The Hall–Kier alpha value is -7.15. The molecule has 0 unspecified atom stereocenters. The molecule has 5 aromatic rings. The highest BCUT2D eigenvalue weighted by molar-refractivity contribution is 6.15. The summed E-state index contributed by atoms with van der Waals surface area (Å²) in [5, 5.41) is 0. The standard InChI is InChI=1S/C51H50N4O9/c1-50(2,49(58)61-7)29-51(3,4)64-36-17-30(27-62-45-23-39-37(21-43(45)59-5)47(56)54-34(25-52-39)19-32-12-8-10-14-41(32)54)16-31(18-36)28-63-46-24-40-38(22-44(46)60-6)48(57)55-35(26-53-40)20-33-13-9-11-15-42(33)55/h8-18,21-26,34-35H,19-20,27-29H2,1-7H3/t34-,35-/m0/s1. The van der Waals surface area contributed by atoms with Crippen molar-refractivity contribution in [2.75, 3.05) is 31.1 Å². The highest BCUT2D eigenvalue weighted by atomic mass is 16.5. The largest absolute Gasteiger partial charge is 0.493 e. The number of hydrogen-bond acceptors (Lipinski definition) is 11. The molecule has 9 rings (SSSR count). The minimum absolute atomic E-state index is 0.0903. The summed E-state index contributed by atoms with van der Waals surface area (Å²) < 4.78 is 36.2. The van der Waals surface area contributed by atoms with E-state index in [4.69, 9.17) is 38.4 Å². The van der Waals surface area contributed by atoms with Crippen molar-refractivity contribution in [2.24, 2.45) is 15.4 Å². The van der Waals surface area contributed by atoms with Gasteiger partial charge in [-0.15, -0.1) is 0 Å². The van der Waals surface area contributed by atoms with Crippen molar-refractivity contribution in [3.8, 4) is 28.7 Å². The zero-order valence-electron chi connectivity index (χ0n) is 37.0. The lowest BCUT2D eigenvalue weighted by Crippen LogP contribution is -2.38. The van der Waals surface area contributed by atoms with Crippen LogP contribution in [0.2, 0.25) is 0 Å². The second kappa shape index (κ2) is 16.5. The smallest absolute Gasteiger partial charge is 0.311 e. The molecule has 328 valence electrons. The Morgan fingerprint density at radius 1 is 0.641 bits per heavy atom. The van der Waals surface area contributed by atoms with E-state index in [0.29, 0.717) is 70.5 Å². The molecule has 5 aromatic carbocycles. The Morgan fingerprint density at radius 2 is 1.11 bits per heavy atom. The van der Waals surface area contributed by atoms with Crippen LogP contribution >= 0.6 is 0 Å². The zero-order chi connectivity index (χ0) is 44.9. The van der Waals surface area contributed by atoms with Gasteiger partial charge in [0.25, 0.3) is 11.8 Å². The molecule has 4 aliphatic heterocycles. The third-order valence-corrected chi connectivity index (χ3v) is 12.1. The third kappa shape index (κ3) is 7.90. The molecule has 0 radical (unpaired) electrons. The summed E-state index contributed by atoms with van der Waals surface area (Å²) in [6.07, 6.45) is 5.37. The second-order valence-electron chi connectivity index (χ2n) is 17.7. The molecule has 0 aliphatic carbocycles. The van der Waals surface area contributed by atoms with Crippen LogP contribution in [-0.2, 0) is 35.6 Å². The molecule has 2 amide bonds. The fourth-order valence-corrected chi connectivity index (χ4v) is 9.42. The molecule has 0 fully saturated rings. The average molecular weight is 863 g/mol. The van der Waals surface area contributed by atoms with Crippen molar-refractivity contribution in [2.45, 2.75) is 77.9 Å². The van der Waals surface area contributed by atoms with Crippen molar-refractivity contribution in [3.05, 3.63) is 124 Å². The summed E-state index contributed by atoms with van der Waals surface area (Å²) in [6.45, 7) is 7.69. The maximum atomic E-state index is 14.0. The van der Waals surface area contributed by atoms with Crippen LogP contribution in [0, 0.1) is 5.41 Å². The number of nitrogens with zero attached hydrogens (tertiary/aromatic N) is 4. The van der Waals surface area contributed by atoms with Gasteiger partial charge in [-0.3, -0.25) is 34.2 Å². The first kappa shape index (κ1) is 42.2. The highest BCUT2D eigenvalue weighted by Crippen LogP contribution is 2.43. The van der Waals surface area contributed by atoms with Gasteiger partial charge in [0.05, 0.1) is 61.3 Å². The number of methoxy groups -OCH3 is 3. The summed E-state index contributed by atoms with van der Waals surface area (Å²) >= 11 is 0. The number of aliphatic imine (C=N–C) groups is 2. The molecule has 0 spiro atoms. The molecule has 0 bridgehead atoms. The first-order valence-electron chi connectivity index (χ1n) is 21.3. The van der Waals surface area contributed by atoms with Crippen LogP contribution in [0.15, 0.2) is 101 Å². The van der Waals surface area contributed by atoms with E-state index in [1.54, 1.807) is 34.1 Å². The number of para-hydroxylation sites is 2. The third-order valence-electron chi connectivity index (χ3n) is 12.1. The van der Waals surface area contributed by atoms with Crippen LogP contribution in [0.25, 0.3) is 0 Å². The van der Waals surface area contributed by atoms with E-state index >= 15 is 0 Å². The molecule has 4 heterocycles. The molecular weight excluding hydrogens is 813 g/mol. The lowest BCUT2D eigenvalue weighted by molar-refractivity contribution is -0.153. The van der Waals surface area contributed by atoms with Gasteiger partial charge in [-0.2, -0.15) is 0 Å². The van der Waals surface area contributed by atoms with Crippen LogP contribution in [0.3, 0.4) is 0 Å². The summed E-state index contributed by atoms with van der Waals surface area (Å²) in [7, 11) is 4.45. The van der Waals surface area contributed by atoms with E-state index in [2.05, 4.69) is 0 Å². The Balaban J connectivity index is 0.996. The molecule has 13 heteroatoms. The summed E-state index contributed by atoms with van der Waals surface area (Å²) in [4.78, 5) is 53.8. The maximum Gasteiger partial charge on any atom is 0.311 e. The van der Waals surface area contributed by atoms with Crippen LogP contribution in [0.4, 0.5) is 22.7 Å². The van der Waals surface area contributed by atoms with Crippen molar-refractivity contribution >= 4 is 53.0 Å². The fourth-order valence-electron chi connectivity index (χ4n) is 9.42. The van der Waals surface area contributed by atoms with Crippen molar-refractivity contribution < 1.29 is 42.8 Å². The number of rotatable bonds is 13. The number of hydrogen-bond donors (Lipinski definition) is 0. The molecule has 0 aromatic heterocycles. The summed E-state index contributed by atoms with van der Waals surface area (Å²) in [5.41, 5.74) is 5.65. The zero-order valence-corrected chi connectivity index (χ0v) is 37.0. The molecule has 2 atom stereocenters. The number of ether oxygens (including phenoxy) is 6. The summed E-state index contributed by atoms with van der Waals surface area (Å²) in [6, 6.07) is 28.0. The van der Waals surface area contributed by atoms with E-state index in [0.717, 1.165) is 33.6 Å². The van der Waals surface area contributed by atoms with E-state index in [1.165, 1.54) is 21.3 Å². The second-order valence-corrected chi connectivity index (χ2v) is 17.7. The van der Waals surface area contributed by atoms with E-state index in [1.807, 2.05) is 107 Å². The number of carbonyl (C=O) groups excluding carboxylic acids is 3. The number of amides is 2. The first-order valence-corrected chi connectivity index (χ1v) is 21.3. The van der Waals surface area contributed by atoms with Gasteiger partial charge >= 0.3 is 5.97 Å². The molecule has 0 saturated heterocycles. The lowest BCUT2D eigenvalue weighted by Gasteiger charge is -2.33. The average Bonchev–Trinajstić information content (AvgIpc) is 3.77. The topological polar surface area (TPSA) is 138 Å². The predicted molar refractivity (Wildman–Crippen MR) is 244 cm³/mol. The predicted octanol–water partition coefficient (Wildman–Crippen LogP) is 9.18. The summed E-state index contributed by atoms with van der Waals surface area (Å²) in [5.74, 6) is 1.47. The SMILES string of the molecule is COC(=O)C(C)(C)CC(C)(C)Oc1cc(COc2cc3c(cc2OC)C(=O)N2c4ccccc4C[C@H]2C=N3)cc(COc2cc3c(cc2OC)C(=O)N2c4ccccc4C[C@H]2C=N3)c1. The van der Waals surface area contributed by atoms with Crippen LogP contribution < -0.4 is 33.5 Å². The number of fused-ring (bicyclic) bond motifs is 8. The van der Waals surface area contributed by atoms with Gasteiger partial charge in [-0.1, -0.05) is 36.4 Å². The number of carbonyl (C=O) groups is 3. The van der Waals surface area contributed by atoms with Gasteiger partial charge in [0, 0.05) is 55.2 Å². The Kier molecular flexibility index (Phi) is 10.9. The molecule has 13 nitrogen and oxygen atoms in total. The minimum atomic E-state index is -0.819. The van der Waals surface area contributed by atoms with Crippen LogP contribution in [0.1, 0.15) is 77.1 Å². The van der Waals surface area contributed by atoms with Crippen molar-refractivity contribution in [3.63, 3.8) is 0 Å². The monoisotopic (exact) mass is 862 g/mol. The van der Waals surface area contributed by atoms with E-state index < -0.39 is 11.0 Å². The van der Waals surface area contributed by atoms with Gasteiger partial charge in [0.2, 0.25) is 0 Å². The number of benzene rings is 5. The molecule has 0 N–H and O–H groups in total. The van der Waals surface area contributed by atoms with Crippen molar-refractivity contribution in [1.29, 1.82) is 0 Å². The van der Waals surface area contributed by atoms with Gasteiger partial charge in [-0.05, 0) is 92.4 Å². The van der Waals surface area contributed by atoms with E-state index in [-0.39, 0.29) is 43.1 Å². The van der Waals surface area contributed by atoms with Crippen LogP contribution in [-0.4, -0.2) is 69.2 Å². The Labute approximate surface area is 372 Å². The van der Waals surface area contributed by atoms with Gasteiger partial charge in [0.15, 0.2) is 23.0 Å². The number of anilines is 2. The van der Waals surface area contributed by atoms with Crippen molar-refractivity contribution in [1.82, 2.24) is 0 Å². The first-order chi connectivity index (χ1) is 30.7. The Morgan fingerprint density at radius 3 is 1.56 bits per heavy atom. The molecule has 4 aliphatic rings. The van der Waals surface area contributed by atoms with Gasteiger partial charge in [-0.25, -0.2) is 0 Å². The normalized spacial score (nSPS) is 17.0.